The number of Topliss-reactive ketones (excluding diaryl/α,β-unsaturated/α-hetero) is 1. The number of aryl methyl sites for hydroxylation is 1. The number of carbonyl (C=O) groups is 2. The lowest BCUT2D eigenvalue weighted by atomic mass is 9.99. The fourth-order valence-electron chi connectivity index (χ4n) is 3.67. The predicted octanol–water partition coefficient (Wildman–Crippen LogP) is 4.87. The lowest BCUT2D eigenvalue weighted by molar-refractivity contribution is -0.140. The number of methoxy groups -OCH3 is 1. The Kier molecular flexibility index (Phi) is 5.57. The Balaban J connectivity index is 1.82. The maximum absolute atomic E-state index is 13.0. The van der Waals surface area contributed by atoms with E-state index in [4.69, 9.17) is 20.8 Å². The van der Waals surface area contributed by atoms with Gasteiger partial charge in [0.2, 0.25) is 0 Å². The zero-order valence-electron chi connectivity index (χ0n) is 17.0. The Hall–Kier alpha value is -3.51. The molecule has 7 heteroatoms. The van der Waals surface area contributed by atoms with Crippen LogP contribution in [0.3, 0.4) is 0 Å². The Morgan fingerprint density at radius 2 is 1.87 bits per heavy atom. The van der Waals surface area contributed by atoms with E-state index in [0.717, 1.165) is 5.56 Å². The molecule has 1 aromatic heterocycles. The third kappa shape index (κ3) is 3.94. The first-order chi connectivity index (χ1) is 14.9. The monoisotopic (exact) mass is 437 g/mol. The lowest BCUT2D eigenvalue weighted by Gasteiger charge is -2.23. The summed E-state index contributed by atoms with van der Waals surface area (Å²) in [4.78, 5) is 27.4. The van der Waals surface area contributed by atoms with Crippen LogP contribution >= 0.6 is 11.6 Å². The van der Waals surface area contributed by atoms with Crippen LogP contribution in [0.1, 0.15) is 28.7 Å². The quantitative estimate of drug-likeness (QED) is 0.350. The number of likely N-dealkylation sites (tertiary alicyclic amines) is 1. The van der Waals surface area contributed by atoms with Crippen LogP contribution in [0.25, 0.3) is 5.76 Å². The van der Waals surface area contributed by atoms with E-state index >= 15 is 0 Å². The second-order valence-electron chi connectivity index (χ2n) is 7.23. The highest BCUT2D eigenvalue weighted by molar-refractivity contribution is 6.46. The Bertz CT molecular complexity index is 1180. The summed E-state index contributed by atoms with van der Waals surface area (Å²) in [7, 11) is 1.56. The number of nitrogens with zero attached hydrogens (tertiary/aromatic N) is 1. The Labute approximate surface area is 184 Å². The number of ketones is 1. The molecule has 0 aliphatic carbocycles. The molecule has 1 aliphatic rings. The number of amides is 1. The molecule has 158 valence electrons. The minimum Gasteiger partial charge on any atom is -0.507 e. The van der Waals surface area contributed by atoms with E-state index in [-0.39, 0.29) is 17.9 Å². The maximum atomic E-state index is 13.0. The van der Waals surface area contributed by atoms with E-state index < -0.39 is 17.7 Å². The van der Waals surface area contributed by atoms with E-state index in [1.165, 1.54) is 4.90 Å². The molecule has 31 heavy (non-hydrogen) atoms. The van der Waals surface area contributed by atoms with Crippen LogP contribution in [0.5, 0.6) is 5.75 Å². The first-order valence-corrected chi connectivity index (χ1v) is 10.0. The molecule has 0 spiro atoms. The van der Waals surface area contributed by atoms with E-state index in [2.05, 4.69) is 0 Å². The molecule has 1 atom stereocenters. The number of furan rings is 1. The molecule has 1 amide bonds. The van der Waals surface area contributed by atoms with Crippen LogP contribution in [-0.2, 0) is 16.1 Å². The number of benzene rings is 2. The fourth-order valence-corrected chi connectivity index (χ4v) is 3.80. The highest BCUT2D eigenvalue weighted by Gasteiger charge is 2.47. The van der Waals surface area contributed by atoms with Crippen LogP contribution in [0.2, 0.25) is 5.02 Å². The average molecular weight is 438 g/mol. The summed E-state index contributed by atoms with van der Waals surface area (Å²) < 4.78 is 11.0. The highest BCUT2D eigenvalue weighted by atomic mass is 35.5. The van der Waals surface area contributed by atoms with E-state index in [1.807, 2.05) is 12.1 Å². The number of halogens is 1. The molecule has 0 radical (unpaired) electrons. The maximum Gasteiger partial charge on any atom is 0.296 e. The first kappa shape index (κ1) is 20.8. The SMILES string of the molecule is COc1cccc(CN2C(=O)C(=O)/C(=C(\O)c3ccc(Cl)cc3)C2c2ccc(C)o2)c1. The molecule has 0 bridgehead atoms. The van der Waals surface area contributed by atoms with Crippen LogP contribution in [0.4, 0.5) is 0 Å². The summed E-state index contributed by atoms with van der Waals surface area (Å²) in [5.74, 6) is -0.0850. The molecule has 6 nitrogen and oxygen atoms in total. The standard InChI is InChI=1S/C24H20ClNO5/c1-14-6-11-19(31-14)21-20(22(27)16-7-9-17(25)10-8-16)23(28)24(29)26(21)13-15-4-3-5-18(12-15)30-2/h3-12,21,27H,13H2,1-2H3/b22-20-. The zero-order valence-corrected chi connectivity index (χ0v) is 17.7. The van der Waals surface area contributed by atoms with E-state index in [9.17, 15) is 14.7 Å². The summed E-state index contributed by atoms with van der Waals surface area (Å²) in [5, 5.41) is 11.5. The first-order valence-electron chi connectivity index (χ1n) is 9.62. The van der Waals surface area contributed by atoms with Crippen molar-refractivity contribution in [2.75, 3.05) is 7.11 Å². The molecule has 1 unspecified atom stereocenters. The van der Waals surface area contributed by atoms with E-state index in [1.54, 1.807) is 62.6 Å². The molecule has 1 N–H and O–H groups in total. The summed E-state index contributed by atoms with van der Waals surface area (Å²) in [6.07, 6.45) is 0. The number of hydrogen-bond acceptors (Lipinski definition) is 5. The zero-order chi connectivity index (χ0) is 22.1. The van der Waals surface area contributed by atoms with Crippen LogP contribution in [-0.4, -0.2) is 28.8 Å². The van der Waals surface area contributed by atoms with Crippen molar-refractivity contribution in [3.8, 4) is 5.75 Å². The number of hydrogen-bond donors (Lipinski definition) is 1. The van der Waals surface area contributed by atoms with Crippen molar-refractivity contribution in [1.82, 2.24) is 4.90 Å². The molecule has 1 aliphatic heterocycles. The van der Waals surface area contributed by atoms with Gasteiger partial charge in [0, 0.05) is 17.1 Å². The van der Waals surface area contributed by atoms with Gasteiger partial charge in [-0.25, -0.2) is 0 Å². The molecular formula is C24H20ClNO5. The summed E-state index contributed by atoms with van der Waals surface area (Å²) in [6, 6.07) is 16.2. The van der Waals surface area contributed by atoms with Gasteiger partial charge in [0.05, 0.1) is 12.7 Å². The average Bonchev–Trinajstić information content (AvgIpc) is 3.30. The van der Waals surface area contributed by atoms with Gasteiger partial charge in [0.1, 0.15) is 29.1 Å². The third-order valence-electron chi connectivity index (χ3n) is 5.18. The molecule has 2 aromatic carbocycles. The van der Waals surface area contributed by atoms with E-state index in [0.29, 0.717) is 27.9 Å². The van der Waals surface area contributed by atoms with Gasteiger partial charge in [-0.1, -0.05) is 23.7 Å². The predicted molar refractivity (Wildman–Crippen MR) is 116 cm³/mol. The van der Waals surface area contributed by atoms with Gasteiger partial charge in [-0.2, -0.15) is 0 Å². The van der Waals surface area contributed by atoms with Crippen molar-refractivity contribution in [3.05, 3.63) is 93.9 Å². The largest absolute Gasteiger partial charge is 0.507 e. The van der Waals surface area contributed by atoms with Crippen LogP contribution < -0.4 is 4.74 Å². The van der Waals surface area contributed by atoms with Crippen LogP contribution in [0.15, 0.2) is 70.7 Å². The molecule has 1 fully saturated rings. The van der Waals surface area contributed by atoms with Gasteiger partial charge in [0.25, 0.3) is 11.7 Å². The molecule has 3 aromatic rings. The van der Waals surface area contributed by atoms with Crippen molar-refractivity contribution in [3.63, 3.8) is 0 Å². The fraction of sp³-hybridized carbons (Fsp3) is 0.167. The number of aliphatic hydroxyl groups is 1. The van der Waals surface area contributed by atoms with Gasteiger partial charge in [-0.3, -0.25) is 9.59 Å². The summed E-state index contributed by atoms with van der Waals surface area (Å²) >= 11 is 5.94. The minimum atomic E-state index is -0.865. The van der Waals surface area contributed by atoms with Crippen molar-refractivity contribution in [2.45, 2.75) is 19.5 Å². The molecule has 4 rings (SSSR count). The van der Waals surface area contributed by atoms with Gasteiger partial charge in [-0.05, 0) is 61.0 Å². The number of rotatable bonds is 5. The summed E-state index contributed by atoms with van der Waals surface area (Å²) in [6.45, 7) is 1.92. The van der Waals surface area contributed by atoms with Gasteiger partial charge in [-0.15, -0.1) is 0 Å². The van der Waals surface area contributed by atoms with Crippen molar-refractivity contribution in [2.24, 2.45) is 0 Å². The van der Waals surface area contributed by atoms with Gasteiger partial charge >= 0.3 is 0 Å². The second kappa shape index (κ2) is 8.32. The summed E-state index contributed by atoms with van der Waals surface area (Å²) in [5.41, 5.74) is 1.14. The Morgan fingerprint density at radius 3 is 2.52 bits per heavy atom. The van der Waals surface area contributed by atoms with Crippen molar-refractivity contribution >= 4 is 29.1 Å². The topological polar surface area (TPSA) is 80.0 Å². The lowest BCUT2D eigenvalue weighted by Crippen LogP contribution is -2.29. The molecule has 1 saturated heterocycles. The third-order valence-corrected chi connectivity index (χ3v) is 5.43. The number of ether oxygens (including phenoxy) is 1. The molecule has 2 heterocycles. The Morgan fingerprint density at radius 1 is 1.13 bits per heavy atom. The molecular weight excluding hydrogens is 418 g/mol. The number of aliphatic hydroxyl groups excluding tert-OH is 1. The molecule has 0 saturated carbocycles. The number of carbonyl (C=O) groups excluding carboxylic acids is 2. The van der Waals surface area contributed by atoms with Gasteiger partial charge in [0.15, 0.2) is 0 Å². The highest BCUT2D eigenvalue weighted by Crippen LogP contribution is 2.41. The van der Waals surface area contributed by atoms with Crippen LogP contribution in [0, 0.1) is 6.92 Å². The minimum absolute atomic E-state index is 0.0235. The van der Waals surface area contributed by atoms with Crippen molar-refractivity contribution < 1.29 is 23.8 Å². The normalized spacial score (nSPS) is 17.9. The van der Waals surface area contributed by atoms with Crippen molar-refractivity contribution in [1.29, 1.82) is 0 Å². The second-order valence-corrected chi connectivity index (χ2v) is 7.67. The smallest absolute Gasteiger partial charge is 0.296 e. The van der Waals surface area contributed by atoms with Gasteiger partial charge < -0.3 is 19.2 Å².